The van der Waals surface area contributed by atoms with Crippen molar-refractivity contribution in [2.45, 2.75) is 26.4 Å². The van der Waals surface area contributed by atoms with Crippen LogP contribution < -0.4 is 10.2 Å². The standard InChI is InChI=1S/C15H20N2O3/c1-10(16-17-15(18)11-4-5-11)12-6-7-14(20-3)13(8-12)9-19-2/h6-8,11H,4-5,9H2,1-3H3,(H,17,18)/b16-10-. The molecule has 20 heavy (non-hydrogen) atoms. The zero-order valence-corrected chi connectivity index (χ0v) is 12.1. The van der Waals surface area contributed by atoms with Crippen molar-refractivity contribution >= 4 is 11.6 Å². The average Bonchev–Trinajstić information content (AvgIpc) is 3.29. The molecule has 5 nitrogen and oxygen atoms in total. The molecule has 108 valence electrons. The molecule has 5 heteroatoms. The number of carbonyl (C=O) groups is 1. The van der Waals surface area contributed by atoms with E-state index in [9.17, 15) is 4.79 Å². The van der Waals surface area contributed by atoms with Crippen LogP contribution in [-0.2, 0) is 16.1 Å². The van der Waals surface area contributed by atoms with Gasteiger partial charge in [-0.3, -0.25) is 4.79 Å². The Hall–Kier alpha value is -1.88. The number of ether oxygens (including phenoxy) is 2. The number of methoxy groups -OCH3 is 2. The predicted octanol–water partition coefficient (Wildman–Crippen LogP) is 2.09. The molecule has 2 rings (SSSR count). The van der Waals surface area contributed by atoms with Gasteiger partial charge in [0, 0.05) is 18.6 Å². The van der Waals surface area contributed by atoms with E-state index in [1.807, 2.05) is 25.1 Å². The smallest absolute Gasteiger partial charge is 0.243 e. The number of nitrogens with zero attached hydrogens (tertiary/aromatic N) is 1. The van der Waals surface area contributed by atoms with E-state index in [4.69, 9.17) is 9.47 Å². The fraction of sp³-hybridized carbons (Fsp3) is 0.467. The van der Waals surface area contributed by atoms with Gasteiger partial charge in [0.2, 0.25) is 5.91 Å². The minimum Gasteiger partial charge on any atom is -0.496 e. The minimum atomic E-state index is 0.00924. The molecule has 0 unspecified atom stereocenters. The van der Waals surface area contributed by atoms with Crippen LogP contribution in [0.4, 0.5) is 0 Å². The number of hydrogen-bond donors (Lipinski definition) is 1. The Morgan fingerprint density at radius 2 is 2.15 bits per heavy atom. The maximum absolute atomic E-state index is 11.6. The Labute approximate surface area is 119 Å². The van der Waals surface area contributed by atoms with Gasteiger partial charge in [-0.05, 0) is 43.5 Å². The number of hydrazone groups is 1. The summed E-state index contributed by atoms with van der Waals surface area (Å²) >= 11 is 0. The van der Waals surface area contributed by atoms with Gasteiger partial charge in [0.1, 0.15) is 5.75 Å². The van der Waals surface area contributed by atoms with Crippen molar-refractivity contribution in [1.82, 2.24) is 5.43 Å². The van der Waals surface area contributed by atoms with E-state index < -0.39 is 0 Å². The van der Waals surface area contributed by atoms with Gasteiger partial charge in [-0.15, -0.1) is 0 Å². The Kier molecular flexibility index (Phi) is 4.74. The van der Waals surface area contributed by atoms with Crippen LogP contribution in [0.5, 0.6) is 5.75 Å². The van der Waals surface area contributed by atoms with Gasteiger partial charge >= 0.3 is 0 Å². The SMILES string of the molecule is COCc1cc(/C(C)=N\NC(=O)C2CC2)ccc1OC. The molecule has 0 radical (unpaired) electrons. The molecule has 1 N–H and O–H groups in total. The topological polar surface area (TPSA) is 59.9 Å². The number of nitrogens with one attached hydrogen (secondary N) is 1. The van der Waals surface area contributed by atoms with Gasteiger partial charge < -0.3 is 9.47 Å². The molecule has 0 aliphatic heterocycles. The van der Waals surface area contributed by atoms with Crippen molar-refractivity contribution < 1.29 is 14.3 Å². The summed E-state index contributed by atoms with van der Waals surface area (Å²) in [6.07, 6.45) is 1.95. The van der Waals surface area contributed by atoms with Crippen LogP contribution in [0.2, 0.25) is 0 Å². The second kappa shape index (κ2) is 6.52. The highest BCUT2D eigenvalue weighted by Crippen LogP contribution is 2.28. The summed E-state index contributed by atoms with van der Waals surface area (Å²) < 4.78 is 10.4. The second-order valence-corrected chi connectivity index (χ2v) is 4.91. The lowest BCUT2D eigenvalue weighted by atomic mass is 10.1. The normalized spacial score (nSPS) is 15.1. The molecule has 1 aliphatic carbocycles. The number of rotatable bonds is 6. The molecule has 0 spiro atoms. The van der Waals surface area contributed by atoms with Crippen LogP contribution in [0.15, 0.2) is 23.3 Å². The zero-order valence-electron chi connectivity index (χ0n) is 12.1. The Morgan fingerprint density at radius 3 is 2.75 bits per heavy atom. The molecule has 1 saturated carbocycles. The molecular formula is C15H20N2O3. The number of carbonyl (C=O) groups excluding carboxylic acids is 1. The van der Waals surface area contributed by atoms with E-state index in [0.717, 1.165) is 35.4 Å². The first-order valence-corrected chi connectivity index (χ1v) is 6.66. The van der Waals surface area contributed by atoms with E-state index >= 15 is 0 Å². The predicted molar refractivity (Wildman–Crippen MR) is 76.8 cm³/mol. The lowest BCUT2D eigenvalue weighted by Crippen LogP contribution is -2.20. The number of amides is 1. The van der Waals surface area contributed by atoms with Crippen molar-refractivity contribution in [2.24, 2.45) is 11.0 Å². The van der Waals surface area contributed by atoms with Crippen molar-refractivity contribution in [3.8, 4) is 5.75 Å². The van der Waals surface area contributed by atoms with E-state index in [2.05, 4.69) is 10.5 Å². The maximum Gasteiger partial charge on any atom is 0.243 e. The Morgan fingerprint density at radius 1 is 1.40 bits per heavy atom. The summed E-state index contributed by atoms with van der Waals surface area (Å²) in [6, 6.07) is 5.76. The molecule has 1 fully saturated rings. The number of hydrogen-bond acceptors (Lipinski definition) is 4. The molecular weight excluding hydrogens is 256 g/mol. The summed E-state index contributed by atoms with van der Waals surface area (Å²) in [5.74, 6) is 0.951. The number of benzene rings is 1. The third kappa shape index (κ3) is 3.57. The van der Waals surface area contributed by atoms with Gasteiger partial charge in [-0.2, -0.15) is 5.10 Å². The lowest BCUT2D eigenvalue weighted by molar-refractivity contribution is -0.122. The first-order valence-electron chi connectivity index (χ1n) is 6.66. The van der Waals surface area contributed by atoms with Crippen LogP contribution in [0.25, 0.3) is 0 Å². The van der Waals surface area contributed by atoms with Crippen LogP contribution in [0.3, 0.4) is 0 Å². The molecule has 1 aromatic rings. The molecule has 0 heterocycles. The molecule has 1 aliphatic rings. The average molecular weight is 276 g/mol. The van der Waals surface area contributed by atoms with Crippen molar-refractivity contribution in [1.29, 1.82) is 0 Å². The monoisotopic (exact) mass is 276 g/mol. The van der Waals surface area contributed by atoms with E-state index in [1.54, 1.807) is 14.2 Å². The van der Waals surface area contributed by atoms with Crippen molar-refractivity contribution in [2.75, 3.05) is 14.2 Å². The first kappa shape index (κ1) is 14.5. The van der Waals surface area contributed by atoms with E-state index in [0.29, 0.717) is 6.61 Å². The lowest BCUT2D eigenvalue weighted by Gasteiger charge is -2.10. The highest BCUT2D eigenvalue weighted by Gasteiger charge is 2.29. The first-order chi connectivity index (χ1) is 9.65. The fourth-order valence-electron chi connectivity index (χ4n) is 1.91. The molecule has 1 aromatic carbocycles. The largest absolute Gasteiger partial charge is 0.496 e. The van der Waals surface area contributed by atoms with Crippen LogP contribution in [0, 0.1) is 5.92 Å². The van der Waals surface area contributed by atoms with Crippen LogP contribution in [-0.4, -0.2) is 25.8 Å². The highest BCUT2D eigenvalue weighted by molar-refractivity contribution is 5.99. The van der Waals surface area contributed by atoms with Crippen molar-refractivity contribution in [3.05, 3.63) is 29.3 Å². The Bertz CT molecular complexity index is 522. The maximum atomic E-state index is 11.6. The summed E-state index contributed by atoms with van der Waals surface area (Å²) in [4.78, 5) is 11.6. The van der Waals surface area contributed by atoms with Crippen molar-refractivity contribution in [3.63, 3.8) is 0 Å². The Balaban J connectivity index is 2.11. The van der Waals surface area contributed by atoms with E-state index in [1.165, 1.54) is 0 Å². The van der Waals surface area contributed by atoms with Crippen LogP contribution >= 0.6 is 0 Å². The second-order valence-electron chi connectivity index (χ2n) is 4.91. The zero-order chi connectivity index (χ0) is 14.5. The molecule has 1 amide bonds. The minimum absolute atomic E-state index is 0.00924. The molecule has 0 aromatic heterocycles. The fourth-order valence-corrected chi connectivity index (χ4v) is 1.91. The molecule has 0 saturated heterocycles. The molecule has 0 bridgehead atoms. The van der Waals surface area contributed by atoms with Gasteiger partial charge in [0.05, 0.1) is 19.4 Å². The van der Waals surface area contributed by atoms with E-state index in [-0.39, 0.29) is 11.8 Å². The van der Waals surface area contributed by atoms with Gasteiger partial charge in [0.25, 0.3) is 0 Å². The van der Waals surface area contributed by atoms with Gasteiger partial charge in [-0.1, -0.05) is 0 Å². The quantitative estimate of drug-likeness (QED) is 0.639. The third-order valence-corrected chi connectivity index (χ3v) is 3.28. The van der Waals surface area contributed by atoms with Crippen LogP contribution in [0.1, 0.15) is 30.9 Å². The third-order valence-electron chi connectivity index (χ3n) is 3.28. The van der Waals surface area contributed by atoms with Gasteiger partial charge in [0.15, 0.2) is 0 Å². The van der Waals surface area contributed by atoms with Gasteiger partial charge in [-0.25, -0.2) is 5.43 Å². The molecule has 0 atom stereocenters. The highest BCUT2D eigenvalue weighted by atomic mass is 16.5. The summed E-state index contributed by atoms with van der Waals surface area (Å²) in [6.45, 7) is 2.34. The summed E-state index contributed by atoms with van der Waals surface area (Å²) in [7, 11) is 3.27. The summed E-state index contributed by atoms with van der Waals surface area (Å²) in [5, 5.41) is 4.15. The summed E-state index contributed by atoms with van der Waals surface area (Å²) in [5.41, 5.74) is 5.27.